The van der Waals surface area contributed by atoms with Crippen molar-refractivity contribution in [3.8, 4) is 0 Å². The smallest absolute Gasteiger partial charge is 0.131 e. The second-order valence-electron chi connectivity index (χ2n) is 2.08. The van der Waals surface area contributed by atoms with E-state index >= 15 is 0 Å². The van der Waals surface area contributed by atoms with Crippen LogP contribution in [0.5, 0.6) is 0 Å². The van der Waals surface area contributed by atoms with Crippen molar-refractivity contribution in [3.05, 3.63) is 0 Å². The number of ether oxygens (including phenoxy) is 1. The molecule has 0 saturated carbocycles. The Bertz CT molecular complexity index is 88.3. The molecule has 0 spiro atoms. The fourth-order valence-electron chi connectivity index (χ4n) is 0.817. The van der Waals surface area contributed by atoms with Gasteiger partial charge in [0, 0.05) is 18.5 Å². The van der Waals surface area contributed by atoms with Crippen LogP contribution >= 0.6 is 12.0 Å². The Morgan fingerprint density at radius 2 is 2.33 bits per heavy atom. The van der Waals surface area contributed by atoms with Crippen molar-refractivity contribution in [2.75, 3.05) is 6.61 Å². The van der Waals surface area contributed by atoms with Crippen LogP contribution in [0.15, 0.2) is 0 Å². The van der Waals surface area contributed by atoms with Crippen LogP contribution < -0.4 is 0 Å². The normalized spacial score (nSPS) is 36.7. The van der Waals surface area contributed by atoms with Crippen LogP contribution in [0, 0.1) is 0 Å². The molecular weight excluding hydrogens is 140 g/mol. The third-order valence-electron chi connectivity index (χ3n) is 1.34. The van der Waals surface area contributed by atoms with E-state index in [1.54, 1.807) is 0 Å². The number of hydrogen-bond donors (Lipinski definition) is 2. The molecule has 3 nitrogen and oxygen atoms in total. The molecule has 1 heterocycles. The summed E-state index contributed by atoms with van der Waals surface area (Å²) in [4.78, 5) is 0. The summed E-state index contributed by atoms with van der Waals surface area (Å²) in [6, 6.07) is 0. The first kappa shape index (κ1) is 7.34. The average molecular weight is 150 g/mol. The van der Waals surface area contributed by atoms with Crippen LogP contribution in [-0.4, -0.2) is 27.8 Å². The Balaban J connectivity index is 2.23. The molecule has 2 N–H and O–H groups in total. The molecule has 9 heavy (non-hydrogen) atoms. The Labute approximate surface area is 58.2 Å². The van der Waals surface area contributed by atoms with E-state index in [-0.39, 0.29) is 11.5 Å². The molecule has 1 fully saturated rings. The molecular formula is C5H10O3S. The first-order valence-corrected chi connectivity index (χ1v) is 3.76. The predicted molar refractivity (Wildman–Crippen MR) is 35.2 cm³/mol. The minimum Gasteiger partial charge on any atom is -0.393 e. The van der Waals surface area contributed by atoms with Gasteiger partial charge < -0.3 is 14.4 Å². The highest BCUT2D eigenvalue weighted by molar-refractivity contribution is 7.94. The van der Waals surface area contributed by atoms with Gasteiger partial charge in [0.1, 0.15) is 5.44 Å². The summed E-state index contributed by atoms with van der Waals surface area (Å²) < 4.78 is 13.5. The highest BCUT2D eigenvalue weighted by atomic mass is 32.2. The average Bonchev–Trinajstić information content (AvgIpc) is 1.88. The third-order valence-corrected chi connectivity index (χ3v) is 1.90. The van der Waals surface area contributed by atoms with Crippen molar-refractivity contribution in [2.24, 2.45) is 0 Å². The zero-order valence-electron chi connectivity index (χ0n) is 4.99. The maximum atomic E-state index is 9.01. The summed E-state index contributed by atoms with van der Waals surface area (Å²) in [7, 11) is 0. The molecule has 1 rings (SSSR count). The molecule has 0 aliphatic carbocycles. The lowest BCUT2D eigenvalue weighted by Crippen LogP contribution is -2.26. The van der Waals surface area contributed by atoms with E-state index in [9.17, 15) is 0 Å². The molecule has 0 aromatic carbocycles. The molecule has 1 aliphatic heterocycles. The summed E-state index contributed by atoms with van der Waals surface area (Å²) >= 11 is 0.667. The Morgan fingerprint density at radius 3 is 2.78 bits per heavy atom. The van der Waals surface area contributed by atoms with Crippen molar-refractivity contribution >= 4 is 12.0 Å². The lowest BCUT2D eigenvalue weighted by Gasteiger charge is -2.23. The number of aliphatic hydroxyl groups is 1. The summed E-state index contributed by atoms with van der Waals surface area (Å²) in [5.41, 5.74) is -0.214. The monoisotopic (exact) mass is 150 g/mol. The zero-order valence-corrected chi connectivity index (χ0v) is 5.80. The van der Waals surface area contributed by atoms with E-state index < -0.39 is 0 Å². The van der Waals surface area contributed by atoms with Crippen molar-refractivity contribution < 1.29 is 14.4 Å². The fourth-order valence-corrected chi connectivity index (χ4v) is 1.28. The quantitative estimate of drug-likeness (QED) is 0.540. The predicted octanol–water partition coefficient (Wildman–Crippen LogP) is 0.690. The summed E-state index contributed by atoms with van der Waals surface area (Å²) in [6.07, 6.45) is 0.946. The molecule has 0 aromatic rings. The van der Waals surface area contributed by atoms with Gasteiger partial charge in [-0.2, -0.15) is 0 Å². The second-order valence-corrected chi connectivity index (χ2v) is 2.82. The Morgan fingerprint density at radius 1 is 1.56 bits per heavy atom. The highest BCUT2D eigenvalue weighted by Crippen LogP contribution is 2.20. The van der Waals surface area contributed by atoms with Crippen LogP contribution in [0.2, 0.25) is 0 Å². The molecule has 0 aromatic heterocycles. The van der Waals surface area contributed by atoms with E-state index in [1.807, 2.05) is 0 Å². The van der Waals surface area contributed by atoms with Gasteiger partial charge in [0.2, 0.25) is 0 Å². The van der Waals surface area contributed by atoms with Gasteiger partial charge in [-0.15, -0.1) is 0 Å². The third kappa shape index (κ3) is 2.14. The van der Waals surface area contributed by atoms with E-state index in [4.69, 9.17) is 14.4 Å². The number of rotatable bonds is 1. The van der Waals surface area contributed by atoms with Crippen molar-refractivity contribution in [2.45, 2.75) is 24.4 Å². The molecule has 1 aliphatic rings. The van der Waals surface area contributed by atoms with Gasteiger partial charge in [-0.1, -0.05) is 0 Å². The first-order valence-electron chi connectivity index (χ1n) is 2.93. The summed E-state index contributed by atoms with van der Waals surface area (Å²) in [6.45, 7) is 0.555. The van der Waals surface area contributed by atoms with Crippen molar-refractivity contribution in [1.82, 2.24) is 0 Å². The number of aliphatic hydroxyl groups excluding tert-OH is 1. The fraction of sp³-hybridized carbons (Fsp3) is 1.00. The molecule has 0 radical (unpaired) electrons. The molecule has 4 heteroatoms. The van der Waals surface area contributed by atoms with Gasteiger partial charge in [0.15, 0.2) is 0 Å². The maximum Gasteiger partial charge on any atom is 0.131 e. The minimum absolute atomic E-state index is 0.214. The van der Waals surface area contributed by atoms with Gasteiger partial charge >= 0.3 is 0 Å². The highest BCUT2D eigenvalue weighted by Gasteiger charge is 2.20. The molecule has 2 unspecified atom stereocenters. The summed E-state index contributed by atoms with van der Waals surface area (Å²) in [5, 5.41) is 9.01. The van der Waals surface area contributed by atoms with Crippen LogP contribution in [0.1, 0.15) is 12.8 Å². The van der Waals surface area contributed by atoms with Gasteiger partial charge in [-0.05, 0) is 6.42 Å². The Hall–Kier alpha value is 0.230. The van der Waals surface area contributed by atoms with Gasteiger partial charge in [0.05, 0.1) is 12.7 Å². The largest absolute Gasteiger partial charge is 0.393 e. The van der Waals surface area contributed by atoms with Crippen LogP contribution in [0.3, 0.4) is 0 Å². The lowest BCUT2D eigenvalue weighted by atomic mass is 10.2. The second kappa shape index (κ2) is 3.41. The van der Waals surface area contributed by atoms with Crippen molar-refractivity contribution in [1.29, 1.82) is 0 Å². The van der Waals surface area contributed by atoms with Crippen molar-refractivity contribution in [3.63, 3.8) is 0 Å². The molecule has 0 amide bonds. The van der Waals surface area contributed by atoms with E-state index in [0.717, 1.165) is 0 Å². The summed E-state index contributed by atoms with van der Waals surface area (Å²) in [5.74, 6) is 0. The van der Waals surface area contributed by atoms with Crippen LogP contribution in [0.25, 0.3) is 0 Å². The van der Waals surface area contributed by atoms with Gasteiger partial charge in [0.25, 0.3) is 0 Å². The van der Waals surface area contributed by atoms with E-state index in [2.05, 4.69) is 0 Å². The molecule has 0 bridgehead atoms. The molecule has 54 valence electrons. The lowest BCUT2D eigenvalue weighted by molar-refractivity contribution is -0.00446. The van der Waals surface area contributed by atoms with Gasteiger partial charge in [-0.3, -0.25) is 0 Å². The van der Waals surface area contributed by atoms with E-state index in [1.165, 1.54) is 0 Å². The maximum absolute atomic E-state index is 9.01. The molecule has 2 atom stereocenters. The van der Waals surface area contributed by atoms with E-state index in [0.29, 0.717) is 31.5 Å². The van der Waals surface area contributed by atoms with Gasteiger partial charge in [-0.25, -0.2) is 0 Å². The Kier molecular flexibility index (Phi) is 2.78. The van der Waals surface area contributed by atoms with Crippen LogP contribution in [0.4, 0.5) is 0 Å². The molecule has 1 saturated heterocycles. The zero-order chi connectivity index (χ0) is 6.69. The van der Waals surface area contributed by atoms with Crippen LogP contribution in [-0.2, 0) is 4.74 Å². The minimum atomic E-state index is -0.289. The SMILES string of the molecule is OSC1CC(O)CCO1. The number of hydrogen-bond acceptors (Lipinski definition) is 4. The standard InChI is InChI=1S/C5H10O3S/c6-4-1-2-8-5(3-4)9-7/h4-7H,1-3H2. The topological polar surface area (TPSA) is 49.7 Å². The first-order chi connectivity index (χ1) is 4.33.